The molecule has 0 atom stereocenters. The van der Waals surface area contributed by atoms with Crippen molar-refractivity contribution >= 4 is 5.97 Å². The summed E-state index contributed by atoms with van der Waals surface area (Å²) in [5.74, 6) is -0.161. The highest BCUT2D eigenvalue weighted by Gasteiger charge is 2.14. The second-order valence-electron chi connectivity index (χ2n) is 3.66. The quantitative estimate of drug-likeness (QED) is 0.806. The fourth-order valence-electron chi connectivity index (χ4n) is 1.43. The molecular formula is C12H12N4O4. The van der Waals surface area contributed by atoms with Crippen LogP contribution in [0.25, 0.3) is 11.5 Å². The lowest BCUT2D eigenvalue weighted by atomic mass is 10.3. The van der Waals surface area contributed by atoms with E-state index in [0.717, 1.165) is 6.20 Å². The van der Waals surface area contributed by atoms with Gasteiger partial charge in [0, 0.05) is 12.3 Å². The molecule has 1 N–H and O–H groups in total. The van der Waals surface area contributed by atoms with Crippen molar-refractivity contribution in [2.75, 3.05) is 13.7 Å². The van der Waals surface area contributed by atoms with Gasteiger partial charge in [-0.2, -0.15) is 0 Å². The molecule has 0 saturated heterocycles. The average molecular weight is 276 g/mol. The fraction of sp³-hybridized carbons (Fsp3) is 0.250. The molecule has 8 nitrogen and oxygen atoms in total. The third kappa shape index (κ3) is 2.79. The van der Waals surface area contributed by atoms with E-state index in [1.165, 1.54) is 7.11 Å². The van der Waals surface area contributed by atoms with Gasteiger partial charge in [-0.15, -0.1) is 10.2 Å². The number of hydrogen-bond acceptors (Lipinski definition) is 7. The Bertz CT molecular complexity index is 666. The first-order valence-electron chi connectivity index (χ1n) is 5.80. The average Bonchev–Trinajstić information content (AvgIpc) is 2.47. The van der Waals surface area contributed by atoms with Crippen LogP contribution in [0.5, 0.6) is 5.88 Å². The van der Waals surface area contributed by atoms with E-state index in [9.17, 15) is 9.59 Å². The molecule has 2 rings (SSSR count). The van der Waals surface area contributed by atoms with Crippen molar-refractivity contribution in [3.63, 3.8) is 0 Å². The molecule has 2 aromatic rings. The van der Waals surface area contributed by atoms with Crippen molar-refractivity contribution in [2.45, 2.75) is 6.92 Å². The molecule has 0 aromatic carbocycles. The zero-order valence-electron chi connectivity index (χ0n) is 10.9. The molecule has 0 radical (unpaired) electrons. The molecule has 8 heteroatoms. The number of ether oxygens (including phenoxy) is 2. The highest BCUT2D eigenvalue weighted by atomic mass is 16.5. The lowest BCUT2D eigenvalue weighted by Gasteiger charge is -2.03. The van der Waals surface area contributed by atoms with E-state index >= 15 is 0 Å². The minimum atomic E-state index is -0.714. The number of nitrogens with one attached hydrogen (secondary N) is 1. The van der Waals surface area contributed by atoms with Crippen molar-refractivity contribution in [1.29, 1.82) is 0 Å². The Morgan fingerprint density at radius 2 is 2.15 bits per heavy atom. The maximum atomic E-state index is 11.8. The molecule has 104 valence electrons. The first kappa shape index (κ1) is 13.7. The summed E-state index contributed by atoms with van der Waals surface area (Å²) >= 11 is 0. The van der Waals surface area contributed by atoms with Gasteiger partial charge in [-0.1, -0.05) is 0 Å². The predicted octanol–water partition coefficient (Wildman–Crippen LogP) is 0.412. The molecule has 0 unspecified atom stereocenters. The Hall–Kier alpha value is -2.77. The number of aromatic nitrogens is 4. The molecule has 0 spiro atoms. The number of hydrogen-bond donors (Lipinski definition) is 1. The van der Waals surface area contributed by atoms with Crippen LogP contribution in [0, 0.1) is 0 Å². The van der Waals surface area contributed by atoms with Gasteiger partial charge in [0.25, 0.3) is 5.56 Å². The number of esters is 1. The minimum Gasteiger partial charge on any atom is -0.480 e. The summed E-state index contributed by atoms with van der Waals surface area (Å²) in [5.41, 5.74) is -0.388. The van der Waals surface area contributed by atoms with Crippen molar-refractivity contribution in [2.24, 2.45) is 0 Å². The third-order valence-corrected chi connectivity index (χ3v) is 2.39. The maximum Gasteiger partial charge on any atom is 0.345 e. The van der Waals surface area contributed by atoms with Gasteiger partial charge in [0.1, 0.15) is 11.3 Å². The number of carbonyl (C=O) groups is 1. The topological polar surface area (TPSA) is 107 Å². The van der Waals surface area contributed by atoms with Crippen LogP contribution in [0.1, 0.15) is 17.3 Å². The summed E-state index contributed by atoms with van der Waals surface area (Å²) < 4.78 is 9.62. The first-order valence-corrected chi connectivity index (χ1v) is 5.80. The second kappa shape index (κ2) is 5.91. The van der Waals surface area contributed by atoms with Gasteiger partial charge in [-0.3, -0.25) is 4.79 Å². The normalized spacial score (nSPS) is 10.1. The molecule has 0 fully saturated rings. The maximum absolute atomic E-state index is 11.8. The van der Waals surface area contributed by atoms with E-state index in [1.54, 1.807) is 19.1 Å². The summed E-state index contributed by atoms with van der Waals surface area (Å²) in [7, 11) is 1.47. The van der Waals surface area contributed by atoms with Crippen LogP contribution in [0.3, 0.4) is 0 Å². The van der Waals surface area contributed by atoms with Crippen molar-refractivity contribution in [3.8, 4) is 17.4 Å². The van der Waals surface area contributed by atoms with Gasteiger partial charge in [-0.25, -0.2) is 9.78 Å². The first-order chi connectivity index (χ1) is 9.65. The number of H-pyrrole nitrogens is 1. The summed E-state index contributed by atoms with van der Waals surface area (Å²) in [4.78, 5) is 29.7. The Labute approximate surface area is 113 Å². The lowest BCUT2D eigenvalue weighted by molar-refractivity contribution is 0.0524. The van der Waals surface area contributed by atoms with Gasteiger partial charge in [0.05, 0.1) is 13.7 Å². The van der Waals surface area contributed by atoms with Crippen molar-refractivity contribution < 1.29 is 14.3 Å². The smallest absolute Gasteiger partial charge is 0.345 e. The van der Waals surface area contributed by atoms with E-state index in [0.29, 0.717) is 11.6 Å². The molecule has 0 amide bonds. The number of aromatic amines is 1. The number of rotatable bonds is 4. The van der Waals surface area contributed by atoms with E-state index in [2.05, 4.69) is 20.2 Å². The number of nitrogens with zero attached hydrogens (tertiary/aromatic N) is 3. The molecule has 2 aromatic heterocycles. The molecular weight excluding hydrogens is 264 g/mol. The summed E-state index contributed by atoms with van der Waals surface area (Å²) in [6.07, 6.45) is 1.15. The standard InChI is InChI=1S/C12H12N4O4/c1-3-20-12(18)7-6-13-10(14-11(7)17)8-4-5-9(19-2)16-15-8/h4-6H,3H2,1-2H3,(H,13,14,17). The summed E-state index contributed by atoms with van der Waals surface area (Å²) in [6.45, 7) is 1.84. The Morgan fingerprint density at radius 1 is 1.35 bits per heavy atom. The lowest BCUT2D eigenvalue weighted by Crippen LogP contribution is -2.21. The van der Waals surface area contributed by atoms with Gasteiger partial charge >= 0.3 is 5.97 Å². The SMILES string of the molecule is CCOC(=O)c1cnc(-c2ccc(OC)nn2)[nH]c1=O. The largest absolute Gasteiger partial charge is 0.480 e. The van der Waals surface area contributed by atoms with Crippen LogP contribution in [0.15, 0.2) is 23.1 Å². The van der Waals surface area contributed by atoms with Crippen LogP contribution in [-0.2, 0) is 4.74 Å². The van der Waals surface area contributed by atoms with E-state index in [4.69, 9.17) is 9.47 Å². The Balaban J connectivity index is 2.32. The van der Waals surface area contributed by atoms with E-state index in [-0.39, 0.29) is 18.0 Å². The molecule has 0 aliphatic heterocycles. The monoisotopic (exact) mass is 276 g/mol. The van der Waals surface area contributed by atoms with Gasteiger partial charge in [-0.05, 0) is 13.0 Å². The zero-order chi connectivity index (χ0) is 14.5. The van der Waals surface area contributed by atoms with Crippen molar-refractivity contribution in [1.82, 2.24) is 20.2 Å². The van der Waals surface area contributed by atoms with Crippen LogP contribution in [-0.4, -0.2) is 39.9 Å². The second-order valence-corrected chi connectivity index (χ2v) is 3.66. The van der Waals surface area contributed by atoms with Gasteiger partial charge in [0.2, 0.25) is 5.88 Å². The fourth-order valence-corrected chi connectivity index (χ4v) is 1.43. The zero-order valence-corrected chi connectivity index (χ0v) is 10.9. The van der Waals surface area contributed by atoms with E-state index in [1.807, 2.05) is 0 Å². The predicted molar refractivity (Wildman–Crippen MR) is 68.4 cm³/mol. The molecule has 0 aliphatic carbocycles. The van der Waals surface area contributed by atoms with E-state index < -0.39 is 11.5 Å². The minimum absolute atomic E-state index is 0.155. The van der Waals surface area contributed by atoms with Gasteiger partial charge in [0.15, 0.2) is 5.82 Å². The molecule has 20 heavy (non-hydrogen) atoms. The Morgan fingerprint density at radius 3 is 2.70 bits per heavy atom. The van der Waals surface area contributed by atoms with Crippen molar-refractivity contribution in [3.05, 3.63) is 34.2 Å². The van der Waals surface area contributed by atoms with Crippen LogP contribution < -0.4 is 10.3 Å². The number of methoxy groups -OCH3 is 1. The third-order valence-electron chi connectivity index (χ3n) is 2.39. The Kier molecular flexibility index (Phi) is 4.04. The molecule has 0 aliphatic rings. The van der Waals surface area contributed by atoms with Crippen LogP contribution >= 0.6 is 0 Å². The summed E-state index contributed by atoms with van der Waals surface area (Å²) in [5, 5.41) is 7.61. The molecule has 0 saturated carbocycles. The highest BCUT2D eigenvalue weighted by Crippen LogP contribution is 2.11. The summed E-state index contributed by atoms with van der Waals surface area (Å²) in [6, 6.07) is 3.18. The van der Waals surface area contributed by atoms with Crippen LogP contribution in [0.4, 0.5) is 0 Å². The molecule has 2 heterocycles. The molecule has 0 bridgehead atoms. The number of carbonyl (C=O) groups excluding carboxylic acids is 1. The van der Waals surface area contributed by atoms with Gasteiger partial charge < -0.3 is 14.5 Å². The van der Waals surface area contributed by atoms with Crippen LogP contribution in [0.2, 0.25) is 0 Å². The highest BCUT2D eigenvalue weighted by molar-refractivity contribution is 5.88.